The lowest BCUT2D eigenvalue weighted by atomic mass is 10.0. The van der Waals surface area contributed by atoms with E-state index in [9.17, 15) is 45.9 Å². The van der Waals surface area contributed by atoms with Crippen LogP contribution in [0.3, 0.4) is 0 Å². The van der Waals surface area contributed by atoms with Gasteiger partial charge in [-0.2, -0.15) is 13.2 Å². The summed E-state index contributed by atoms with van der Waals surface area (Å²) < 4.78 is 60.2. The molecule has 0 bridgehead atoms. The number of alkyl halides is 3. The minimum Gasteiger partial charge on any atom is -0.475 e. The Morgan fingerprint density at radius 3 is 2.03 bits per heavy atom. The Morgan fingerprint density at radius 1 is 0.868 bits per heavy atom. The Labute approximate surface area is 388 Å². The van der Waals surface area contributed by atoms with Gasteiger partial charge in [-0.15, -0.1) is 0 Å². The van der Waals surface area contributed by atoms with Crippen LogP contribution in [0.25, 0.3) is 44.8 Å². The number of imidazole rings is 2. The predicted molar refractivity (Wildman–Crippen MR) is 239 cm³/mol. The number of likely N-dealkylation sites (N-methyl/N-ethyl adjacent to an activating group) is 1. The van der Waals surface area contributed by atoms with Gasteiger partial charge in [0.15, 0.2) is 0 Å². The Morgan fingerprint density at radius 2 is 1.46 bits per heavy atom. The van der Waals surface area contributed by atoms with Gasteiger partial charge in [-0.1, -0.05) is 44.2 Å². The molecular formula is C44H51F3N10O10S. The zero-order valence-corrected chi connectivity index (χ0v) is 38.5. The zero-order chi connectivity index (χ0) is 49.7. The molecule has 24 heteroatoms. The number of carboxylic acids is 1. The monoisotopic (exact) mass is 968 g/mol. The van der Waals surface area contributed by atoms with E-state index in [4.69, 9.17) is 29.6 Å². The van der Waals surface area contributed by atoms with Crippen molar-refractivity contribution in [2.45, 2.75) is 76.3 Å². The highest BCUT2D eigenvalue weighted by atomic mass is 32.2. The number of likely N-dealkylation sites (tertiary alicyclic amines) is 2. The summed E-state index contributed by atoms with van der Waals surface area (Å²) in [4.78, 5) is 89.8. The topological polar surface area (TPSA) is 274 Å². The number of sulfone groups is 1. The van der Waals surface area contributed by atoms with Crippen LogP contribution in [0.4, 0.5) is 22.8 Å². The molecule has 364 valence electrons. The Bertz CT molecular complexity index is 2760. The second kappa shape index (κ2) is 20.8. The van der Waals surface area contributed by atoms with Crippen molar-refractivity contribution in [1.29, 1.82) is 0 Å². The lowest BCUT2D eigenvalue weighted by Crippen LogP contribution is -2.51. The first-order valence-corrected chi connectivity index (χ1v) is 23.5. The Balaban J connectivity index is 0.00000101. The molecule has 5 N–H and O–H groups in total. The van der Waals surface area contributed by atoms with Gasteiger partial charge < -0.3 is 40.0 Å². The molecule has 0 radical (unpaired) electrons. The van der Waals surface area contributed by atoms with Crippen LogP contribution in [-0.4, -0.2) is 151 Å². The van der Waals surface area contributed by atoms with E-state index in [2.05, 4.69) is 20.3 Å². The number of benzene rings is 2. The first kappa shape index (κ1) is 50.3. The lowest BCUT2D eigenvalue weighted by molar-refractivity contribution is -0.192. The number of halogens is 3. The molecule has 4 atom stereocenters. The van der Waals surface area contributed by atoms with Crippen LogP contribution in [0.15, 0.2) is 61.1 Å². The molecular weight excluding hydrogens is 918 g/mol. The van der Waals surface area contributed by atoms with Crippen molar-refractivity contribution < 1.29 is 60.5 Å². The molecule has 0 saturated carbocycles. The van der Waals surface area contributed by atoms with E-state index in [1.54, 1.807) is 22.2 Å². The van der Waals surface area contributed by atoms with Crippen LogP contribution in [0.2, 0.25) is 0 Å². The number of ether oxygens (including phenoxy) is 1. The van der Waals surface area contributed by atoms with E-state index in [0.29, 0.717) is 60.0 Å². The van der Waals surface area contributed by atoms with Crippen molar-refractivity contribution in [2.24, 2.45) is 5.92 Å². The van der Waals surface area contributed by atoms with Gasteiger partial charge >= 0.3 is 24.3 Å². The highest BCUT2D eigenvalue weighted by molar-refractivity contribution is 7.90. The number of carbonyl (C=O) groups is 5. The van der Waals surface area contributed by atoms with Gasteiger partial charge in [0.25, 0.3) is 0 Å². The number of fused-ring (bicyclic) bond motifs is 1. The van der Waals surface area contributed by atoms with Gasteiger partial charge in [-0.25, -0.2) is 37.8 Å². The number of aromatic amines is 2. The van der Waals surface area contributed by atoms with Crippen molar-refractivity contribution in [3.63, 3.8) is 0 Å². The van der Waals surface area contributed by atoms with E-state index in [0.717, 1.165) is 46.4 Å². The maximum absolute atomic E-state index is 13.7. The van der Waals surface area contributed by atoms with E-state index < -0.39 is 58.2 Å². The van der Waals surface area contributed by atoms with Crippen LogP contribution in [-0.2, 0) is 29.0 Å². The van der Waals surface area contributed by atoms with Gasteiger partial charge in [0.2, 0.25) is 11.8 Å². The van der Waals surface area contributed by atoms with E-state index >= 15 is 0 Å². The molecule has 68 heavy (non-hydrogen) atoms. The highest BCUT2D eigenvalue weighted by Crippen LogP contribution is 2.35. The third-order valence-corrected chi connectivity index (χ3v) is 12.7. The van der Waals surface area contributed by atoms with E-state index in [-0.39, 0.29) is 30.0 Å². The fourth-order valence-electron chi connectivity index (χ4n) is 8.08. The fourth-order valence-corrected chi connectivity index (χ4v) is 8.73. The predicted octanol–water partition coefficient (Wildman–Crippen LogP) is 5.83. The third-order valence-electron chi connectivity index (χ3n) is 11.7. The number of carboxylic acid groups (broad SMARTS) is 2. The van der Waals surface area contributed by atoms with Crippen LogP contribution >= 0.6 is 0 Å². The molecule has 2 aliphatic rings. The van der Waals surface area contributed by atoms with Crippen molar-refractivity contribution in [1.82, 2.24) is 49.9 Å². The number of rotatable bonds is 13. The van der Waals surface area contributed by atoms with Gasteiger partial charge in [-0.3, -0.25) is 19.5 Å². The van der Waals surface area contributed by atoms with Crippen molar-refractivity contribution in [3.8, 4) is 33.8 Å². The summed E-state index contributed by atoms with van der Waals surface area (Å²) in [5.74, 6) is -2.58. The standard InChI is InChI=1S/C42H50N10O8S.C2HF3O2/c1-24(2)36(49-41(55)60-4)40(54)52-18-7-9-34(52)38-44-22-31(47-38)26-12-10-25(11-13-26)30-21-43-29-20-27(14-15-28(29)46-30)32-23-45-37(48-32)33-8-6-17-51(33)39(53)35(50(3)42(56)57)16-19-61(5,58)59;3-2(4,5)1(6)7/h10-15,20-24,33-36H,6-9,16-19H2,1-5H3,(H,44,47)(H,45,48)(H,49,55)(H,56,57);(H,6,7)/t33-,34-,35-,36-;/m0./s1. The average Bonchev–Trinajstić information content (AvgIpc) is 4.14. The molecule has 2 fully saturated rings. The molecule has 7 rings (SSSR count). The number of H-pyrrole nitrogens is 2. The fraction of sp³-hybridized carbons (Fsp3) is 0.432. The number of aromatic nitrogens is 6. The Kier molecular flexibility index (Phi) is 15.4. The third kappa shape index (κ3) is 11.9. The first-order chi connectivity index (χ1) is 32.1. The number of alkyl carbamates (subject to hydrolysis) is 1. The second-order valence-electron chi connectivity index (χ2n) is 16.8. The quantitative estimate of drug-likeness (QED) is 0.0929. The number of nitrogens with zero attached hydrogens (tertiary/aromatic N) is 7. The van der Waals surface area contributed by atoms with Crippen molar-refractivity contribution in [2.75, 3.05) is 39.3 Å². The average molecular weight is 969 g/mol. The largest absolute Gasteiger partial charge is 0.490 e. The highest BCUT2D eigenvalue weighted by Gasteiger charge is 2.40. The molecule has 0 unspecified atom stereocenters. The van der Waals surface area contributed by atoms with Crippen molar-refractivity contribution >= 4 is 50.8 Å². The molecule has 0 aliphatic carbocycles. The molecule has 20 nitrogen and oxygen atoms in total. The van der Waals surface area contributed by atoms with Gasteiger partial charge in [0.1, 0.15) is 33.6 Å². The number of hydrogen-bond acceptors (Lipinski definition) is 12. The minimum absolute atomic E-state index is 0.129. The molecule has 5 heterocycles. The molecule has 2 aliphatic heterocycles. The molecule has 5 aromatic rings. The van der Waals surface area contributed by atoms with Crippen LogP contribution in [0.1, 0.15) is 69.7 Å². The summed E-state index contributed by atoms with van der Waals surface area (Å²) in [7, 11) is -0.872. The lowest BCUT2D eigenvalue weighted by Gasteiger charge is -2.31. The van der Waals surface area contributed by atoms with Crippen LogP contribution < -0.4 is 5.32 Å². The van der Waals surface area contributed by atoms with Crippen LogP contribution in [0, 0.1) is 5.92 Å². The van der Waals surface area contributed by atoms with Gasteiger partial charge in [0.05, 0.1) is 65.5 Å². The first-order valence-electron chi connectivity index (χ1n) is 21.4. The minimum atomic E-state index is -5.08. The van der Waals surface area contributed by atoms with Crippen molar-refractivity contribution in [3.05, 3.63) is 72.7 Å². The number of amides is 4. The Hall–Kier alpha value is -7.11. The van der Waals surface area contributed by atoms with E-state index in [1.807, 2.05) is 62.5 Å². The normalized spacial score (nSPS) is 17.1. The smallest absolute Gasteiger partial charge is 0.475 e. The summed E-state index contributed by atoms with van der Waals surface area (Å²) in [5, 5.41) is 19.4. The summed E-state index contributed by atoms with van der Waals surface area (Å²) in [6, 6.07) is 11.0. The second-order valence-corrected chi connectivity index (χ2v) is 19.0. The van der Waals surface area contributed by atoms with Crippen LogP contribution in [0.5, 0.6) is 0 Å². The maximum Gasteiger partial charge on any atom is 0.490 e. The summed E-state index contributed by atoms with van der Waals surface area (Å²) in [5.41, 5.74) is 6.05. The summed E-state index contributed by atoms with van der Waals surface area (Å²) >= 11 is 0. The molecule has 2 saturated heterocycles. The summed E-state index contributed by atoms with van der Waals surface area (Å²) in [6.45, 7) is 4.73. The number of methoxy groups -OCH3 is 1. The number of carbonyl (C=O) groups excluding carboxylic acids is 3. The van der Waals surface area contributed by atoms with E-state index in [1.165, 1.54) is 14.2 Å². The van der Waals surface area contributed by atoms with Gasteiger partial charge in [-0.05, 0) is 50.2 Å². The zero-order valence-electron chi connectivity index (χ0n) is 37.7. The SMILES string of the molecule is COC(=O)N[C@H](C(=O)N1CCC[C@H]1c1nc(-c2ccc(-c3cnc4cc(-c5cnc([C@@H]6CCCN6C(=O)[C@H](CCS(C)(=O)=O)N(C)C(=O)O)[nH]5)ccc4n3)cc2)c[nH]1)C(C)C.O=C(O)C(F)(F)F. The molecule has 4 amide bonds. The number of aliphatic carboxylic acids is 1. The molecule has 3 aromatic heterocycles. The molecule has 2 aromatic carbocycles. The van der Waals surface area contributed by atoms with Gasteiger partial charge in [0, 0.05) is 49.3 Å². The number of nitrogens with one attached hydrogen (secondary N) is 3. The molecule has 0 spiro atoms. The number of hydrogen-bond donors (Lipinski definition) is 5. The summed E-state index contributed by atoms with van der Waals surface area (Å²) in [6.07, 6.45) is 1.98. The maximum atomic E-state index is 13.7.